The van der Waals surface area contributed by atoms with Crippen molar-refractivity contribution in [1.82, 2.24) is 4.98 Å². The molecule has 4 nitrogen and oxygen atoms in total. The van der Waals surface area contributed by atoms with Crippen molar-refractivity contribution in [2.45, 2.75) is 0 Å². The van der Waals surface area contributed by atoms with Crippen LogP contribution in [0.2, 0.25) is 0 Å². The number of nitrogens with zero attached hydrogens (tertiary/aromatic N) is 1. The summed E-state index contributed by atoms with van der Waals surface area (Å²) in [7, 11) is 0. The van der Waals surface area contributed by atoms with Gasteiger partial charge in [-0.15, -0.1) is 11.6 Å². The van der Waals surface area contributed by atoms with E-state index in [0.29, 0.717) is 0 Å². The third kappa shape index (κ3) is 2.06. The molecule has 0 saturated heterocycles. The zero-order valence-electron chi connectivity index (χ0n) is 8.57. The molecule has 0 radical (unpaired) electrons. The van der Waals surface area contributed by atoms with Crippen molar-refractivity contribution in [3.63, 3.8) is 0 Å². The topological polar surface area (TPSA) is 56.3 Å². The number of rotatable bonds is 3. The van der Waals surface area contributed by atoms with Gasteiger partial charge in [0, 0.05) is 6.20 Å². The lowest BCUT2D eigenvalue weighted by atomic mass is 9.98. The molecule has 0 fully saturated rings. The molecule has 88 valence electrons. The number of ether oxygens (including phenoxy) is 1. The average molecular weight is 272 g/mol. The molecule has 17 heavy (non-hydrogen) atoms. The van der Waals surface area contributed by atoms with Gasteiger partial charge in [0.1, 0.15) is 17.3 Å². The van der Waals surface area contributed by atoms with Crippen LogP contribution in [0.4, 0.5) is 0 Å². The summed E-state index contributed by atoms with van der Waals surface area (Å²) in [5.74, 6) is -0.928. The lowest BCUT2D eigenvalue weighted by Gasteiger charge is -2.16. The number of ketones is 2. The predicted octanol–water partition coefficient (Wildman–Crippen LogP) is 2.17. The fourth-order valence-electron chi connectivity index (χ4n) is 1.47. The molecular formula is C11H7Cl2NO3. The van der Waals surface area contributed by atoms with Crippen LogP contribution in [0.5, 0.6) is 0 Å². The average Bonchev–Trinajstić information content (AvgIpc) is 2.36. The van der Waals surface area contributed by atoms with Gasteiger partial charge in [-0.3, -0.25) is 14.6 Å². The van der Waals surface area contributed by atoms with E-state index < -0.39 is 11.6 Å². The first-order chi connectivity index (χ1) is 8.16. The first-order valence-electron chi connectivity index (χ1n) is 4.79. The quantitative estimate of drug-likeness (QED) is 0.791. The number of aromatic nitrogens is 1. The van der Waals surface area contributed by atoms with Crippen molar-refractivity contribution < 1.29 is 14.3 Å². The second-order valence-corrected chi connectivity index (χ2v) is 3.99. The number of fused-ring (bicyclic) bond motifs is 1. The second kappa shape index (κ2) is 4.85. The van der Waals surface area contributed by atoms with E-state index in [0.717, 1.165) is 0 Å². The van der Waals surface area contributed by atoms with Gasteiger partial charge in [-0.05, 0) is 12.1 Å². The molecule has 0 amide bonds. The van der Waals surface area contributed by atoms with Gasteiger partial charge in [-0.2, -0.15) is 0 Å². The molecule has 0 atom stereocenters. The van der Waals surface area contributed by atoms with Crippen LogP contribution in [-0.2, 0) is 4.74 Å². The summed E-state index contributed by atoms with van der Waals surface area (Å²) >= 11 is 11.3. The summed E-state index contributed by atoms with van der Waals surface area (Å²) in [6.07, 6.45) is 1.43. The van der Waals surface area contributed by atoms with Crippen LogP contribution in [0.25, 0.3) is 0 Å². The molecule has 1 aromatic rings. The first kappa shape index (κ1) is 12.1. The Labute approximate surface area is 107 Å². The Morgan fingerprint density at radius 1 is 1.29 bits per heavy atom. The molecule has 0 aliphatic heterocycles. The van der Waals surface area contributed by atoms with Crippen LogP contribution >= 0.6 is 23.2 Å². The minimum atomic E-state index is -0.490. The van der Waals surface area contributed by atoms with Crippen molar-refractivity contribution >= 4 is 34.8 Å². The maximum Gasteiger partial charge on any atom is 0.248 e. The fourth-order valence-corrected chi connectivity index (χ4v) is 1.79. The maximum atomic E-state index is 12.0. The molecule has 0 bridgehead atoms. The number of alkyl halides is 1. The van der Waals surface area contributed by atoms with Crippen molar-refractivity contribution in [3.05, 3.63) is 40.4 Å². The minimum absolute atomic E-state index is 0.0615. The van der Waals surface area contributed by atoms with Crippen LogP contribution in [0.15, 0.2) is 29.1 Å². The van der Waals surface area contributed by atoms with Crippen LogP contribution in [0.1, 0.15) is 20.8 Å². The summed E-state index contributed by atoms with van der Waals surface area (Å²) in [6.45, 7) is 0.105. The summed E-state index contributed by atoms with van der Waals surface area (Å²) < 4.78 is 5.09. The third-order valence-electron chi connectivity index (χ3n) is 2.20. The molecule has 1 aromatic heterocycles. The number of pyridine rings is 1. The van der Waals surface area contributed by atoms with Crippen molar-refractivity contribution in [1.29, 1.82) is 0 Å². The molecule has 0 saturated carbocycles. The molecule has 0 N–H and O–H groups in total. The van der Waals surface area contributed by atoms with Crippen LogP contribution in [-0.4, -0.2) is 29.0 Å². The summed E-state index contributed by atoms with van der Waals surface area (Å²) in [4.78, 5) is 27.7. The maximum absolute atomic E-state index is 12.0. The highest BCUT2D eigenvalue weighted by molar-refractivity contribution is 6.49. The van der Waals surface area contributed by atoms with Crippen LogP contribution in [0, 0.1) is 0 Å². The van der Waals surface area contributed by atoms with Gasteiger partial charge in [-0.1, -0.05) is 11.6 Å². The Balaban J connectivity index is 2.47. The van der Waals surface area contributed by atoms with E-state index in [-0.39, 0.29) is 34.5 Å². The molecular weight excluding hydrogens is 265 g/mol. The Morgan fingerprint density at radius 2 is 2.06 bits per heavy atom. The molecule has 1 heterocycles. The van der Waals surface area contributed by atoms with E-state index in [9.17, 15) is 9.59 Å². The molecule has 1 aliphatic rings. The number of carbonyl (C=O) groups is 2. The SMILES string of the molecule is O=C1C(Cl)=C(OCCCl)C(=O)c2ncccc21. The highest BCUT2D eigenvalue weighted by Crippen LogP contribution is 2.27. The van der Waals surface area contributed by atoms with Crippen molar-refractivity contribution in [2.75, 3.05) is 12.5 Å². The van der Waals surface area contributed by atoms with Gasteiger partial charge in [0.25, 0.3) is 0 Å². The smallest absolute Gasteiger partial charge is 0.248 e. The van der Waals surface area contributed by atoms with E-state index in [1.807, 2.05) is 0 Å². The molecule has 2 rings (SSSR count). The lowest BCUT2D eigenvalue weighted by molar-refractivity contribution is 0.0884. The van der Waals surface area contributed by atoms with Gasteiger partial charge in [0.2, 0.25) is 11.6 Å². The summed E-state index contributed by atoms with van der Waals surface area (Å²) in [5.41, 5.74) is 0.257. The minimum Gasteiger partial charge on any atom is -0.487 e. The number of hydrogen-bond donors (Lipinski definition) is 0. The molecule has 6 heteroatoms. The van der Waals surface area contributed by atoms with Gasteiger partial charge in [-0.25, -0.2) is 0 Å². The normalized spacial score (nSPS) is 14.9. The summed E-state index contributed by atoms with van der Waals surface area (Å²) in [6, 6.07) is 3.07. The Morgan fingerprint density at radius 3 is 2.76 bits per heavy atom. The van der Waals surface area contributed by atoms with Crippen molar-refractivity contribution in [2.24, 2.45) is 0 Å². The first-order valence-corrected chi connectivity index (χ1v) is 5.71. The zero-order valence-corrected chi connectivity index (χ0v) is 10.1. The lowest BCUT2D eigenvalue weighted by Crippen LogP contribution is -2.23. The number of carbonyl (C=O) groups excluding carboxylic acids is 2. The molecule has 0 aromatic carbocycles. The van der Waals surface area contributed by atoms with Gasteiger partial charge in [0.05, 0.1) is 11.4 Å². The molecule has 0 spiro atoms. The zero-order chi connectivity index (χ0) is 12.4. The number of allylic oxidation sites excluding steroid dienone is 2. The van der Waals surface area contributed by atoms with E-state index in [1.165, 1.54) is 12.3 Å². The number of Topliss-reactive ketones (excluding diaryl/α,β-unsaturated/α-hetero) is 2. The van der Waals surface area contributed by atoms with Gasteiger partial charge < -0.3 is 4.74 Å². The van der Waals surface area contributed by atoms with E-state index >= 15 is 0 Å². The third-order valence-corrected chi connectivity index (χ3v) is 2.69. The number of hydrogen-bond acceptors (Lipinski definition) is 4. The van der Waals surface area contributed by atoms with E-state index in [4.69, 9.17) is 27.9 Å². The van der Waals surface area contributed by atoms with Crippen LogP contribution in [0.3, 0.4) is 0 Å². The fraction of sp³-hybridized carbons (Fsp3) is 0.182. The van der Waals surface area contributed by atoms with Crippen molar-refractivity contribution in [3.8, 4) is 0 Å². The second-order valence-electron chi connectivity index (χ2n) is 3.24. The van der Waals surface area contributed by atoms with E-state index in [1.54, 1.807) is 6.07 Å². The van der Waals surface area contributed by atoms with Gasteiger partial charge in [0.15, 0.2) is 5.76 Å². The Bertz CT molecular complexity index is 525. The highest BCUT2D eigenvalue weighted by Gasteiger charge is 2.33. The standard InChI is InChI=1S/C11H7Cl2NO3/c12-3-5-17-11-7(13)9(15)6-2-1-4-14-8(6)10(11)16/h1-2,4H,3,5H2. The van der Waals surface area contributed by atoms with Gasteiger partial charge >= 0.3 is 0 Å². The highest BCUT2D eigenvalue weighted by atomic mass is 35.5. The summed E-state index contributed by atoms with van der Waals surface area (Å²) in [5, 5.41) is -0.222. The van der Waals surface area contributed by atoms with Crippen LogP contribution < -0.4 is 0 Å². The van der Waals surface area contributed by atoms with E-state index in [2.05, 4.69) is 4.98 Å². The Kier molecular flexibility index (Phi) is 3.45. The molecule has 1 aliphatic carbocycles. The molecule has 0 unspecified atom stereocenters. The largest absolute Gasteiger partial charge is 0.487 e. The Hall–Kier alpha value is -1.39. The predicted molar refractivity (Wildman–Crippen MR) is 62.4 cm³/mol. The monoisotopic (exact) mass is 271 g/mol. The number of halogens is 2.